The molecule has 1 heterocycles. The fourth-order valence-corrected chi connectivity index (χ4v) is 2.02. The van der Waals surface area contributed by atoms with Crippen molar-refractivity contribution in [3.8, 4) is 0 Å². The van der Waals surface area contributed by atoms with Gasteiger partial charge in [-0.25, -0.2) is 8.78 Å². The van der Waals surface area contributed by atoms with Crippen LogP contribution in [0, 0.1) is 17.6 Å². The fourth-order valence-electron chi connectivity index (χ4n) is 2.02. The number of benzene rings is 1. The van der Waals surface area contributed by atoms with E-state index in [1.807, 2.05) is 0 Å². The van der Waals surface area contributed by atoms with Gasteiger partial charge in [0.2, 0.25) is 0 Å². The molecule has 4 heteroatoms. The van der Waals surface area contributed by atoms with Crippen LogP contribution in [0.3, 0.4) is 0 Å². The maximum absolute atomic E-state index is 13.3. The zero-order valence-corrected chi connectivity index (χ0v) is 9.72. The molecule has 0 spiro atoms. The largest absolute Gasteiger partial charge is 0.376 e. The minimum Gasteiger partial charge on any atom is -0.376 e. The van der Waals surface area contributed by atoms with Crippen molar-refractivity contribution in [3.63, 3.8) is 0 Å². The topological polar surface area (TPSA) is 21.3 Å². The maximum Gasteiger partial charge on any atom is 0.131 e. The van der Waals surface area contributed by atoms with Crippen LogP contribution < -0.4 is 5.32 Å². The van der Waals surface area contributed by atoms with Crippen LogP contribution in [-0.4, -0.2) is 19.7 Å². The molecule has 1 aromatic carbocycles. The molecule has 0 bridgehead atoms. The first-order valence-corrected chi connectivity index (χ1v) is 5.98. The Kier molecular flexibility index (Phi) is 4.45. The Hall–Kier alpha value is -1.00. The normalized spacial score (nSPS) is 17.3. The van der Waals surface area contributed by atoms with E-state index < -0.39 is 11.6 Å². The zero-order valence-electron chi connectivity index (χ0n) is 9.72. The van der Waals surface area contributed by atoms with E-state index in [1.165, 1.54) is 12.1 Å². The van der Waals surface area contributed by atoms with Gasteiger partial charge in [0.25, 0.3) is 0 Å². The van der Waals surface area contributed by atoms with Crippen LogP contribution in [0.4, 0.5) is 8.78 Å². The number of halogens is 2. The molecule has 0 radical (unpaired) electrons. The fraction of sp³-hybridized carbons (Fsp3) is 0.538. The summed E-state index contributed by atoms with van der Waals surface area (Å²) in [5.41, 5.74) is 0.417. The van der Waals surface area contributed by atoms with Gasteiger partial charge in [0.05, 0.1) is 6.61 Å². The Labute approximate surface area is 100.0 Å². The summed E-state index contributed by atoms with van der Waals surface area (Å²) in [6.45, 7) is 2.92. The van der Waals surface area contributed by atoms with Gasteiger partial charge in [-0.1, -0.05) is 6.07 Å². The molecule has 1 fully saturated rings. The van der Waals surface area contributed by atoms with E-state index in [-0.39, 0.29) is 6.61 Å². The first kappa shape index (κ1) is 12.5. The molecule has 0 aliphatic carbocycles. The van der Waals surface area contributed by atoms with Crippen molar-refractivity contribution in [2.45, 2.75) is 19.4 Å². The Morgan fingerprint density at radius 1 is 1.24 bits per heavy atom. The predicted octanol–water partition coefficient (Wildman–Crippen LogP) is 2.48. The highest BCUT2D eigenvalue weighted by atomic mass is 19.1. The quantitative estimate of drug-likeness (QED) is 0.874. The number of nitrogens with one attached hydrogen (secondary N) is 1. The molecule has 0 amide bonds. The lowest BCUT2D eigenvalue weighted by Crippen LogP contribution is -2.29. The summed E-state index contributed by atoms with van der Waals surface area (Å²) < 4.78 is 31.4. The van der Waals surface area contributed by atoms with E-state index in [9.17, 15) is 8.78 Å². The molecule has 1 aliphatic heterocycles. The molecule has 1 N–H and O–H groups in total. The van der Waals surface area contributed by atoms with Crippen LogP contribution in [0.2, 0.25) is 0 Å². The third-order valence-electron chi connectivity index (χ3n) is 3.08. The van der Waals surface area contributed by atoms with Crippen molar-refractivity contribution in [1.29, 1.82) is 0 Å². The van der Waals surface area contributed by atoms with Crippen LogP contribution in [0.5, 0.6) is 0 Å². The monoisotopic (exact) mass is 241 g/mol. The zero-order chi connectivity index (χ0) is 12.1. The Morgan fingerprint density at radius 3 is 2.71 bits per heavy atom. The Bertz CT molecular complexity index is 364. The number of piperidine rings is 1. The summed E-state index contributed by atoms with van der Waals surface area (Å²) in [5, 5.41) is 3.28. The van der Waals surface area contributed by atoms with Gasteiger partial charge in [-0.2, -0.15) is 0 Å². The highest BCUT2D eigenvalue weighted by molar-refractivity contribution is 5.17. The van der Waals surface area contributed by atoms with Gasteiger partial charge >= 0.3 is 0 Å². The molecule has 0 saturated carbocycles. The minimum atomic E-state index is -0.551. The second-order valence-corrected chi connectivity index (χ2v) is 4.44. The molecule has 0 unspecified atom stereocenters. The Morgan fingerprint density at radius 2 is 2.00 bits per heavy atom. The smallest absolute Gasteiger partial charge is 0.131 e. The summed E-state index contributed by atoms with van der Waals surface area (Å²) in [4.78, 5) is 0. The summed E-state index contributed by atoms with van der Waals surface area (Å²) in [5.74, 6) is -0.528. The third-order valence-corrected chi connectivity index (χ3v) is 3.08. The highest BCUT2D eigenvalue weighted by Gasteiger charge is 2.13. The standard InChI is InChI=1S/C13H17F2NO/c14-12-2-1-11(13(15)7-12)9-17-8-10-3-5-16-6-4-10/h1-2,7,10,16H,3-6,8-9H2. The van der Waals surface area contributed by atoms with Crippen molar-refractivity contribution >= 4 is 0 Å². The summed E-state index contributed by atoms with van der Waals surface area (Å²) >= 11 is 0. The summed E-state index contributed by atoms with van der Waals surface area (Å²) in [6, 6.07) is 3.59. The maximum atomic E-state index is 13.3. The van der Waals surface area contributed by atoms with Crippen molar-refractivity contribution in [1.82, 2.24) is 5.32 Å². The van der Waals surface area contributed by atoms with Gasteiger partial charge < -0.3 is 10.1 Å². The number of ether oxygens (including phenoxy) is 1. The third kappa shape index (κ3) is 3.75. The second kappa shape index (κ2) is 6.07. The molecular formula is C13H17F2NO. The Balaban J connectivity index is 1.77. The van der Waals surface area contributed by atoms with Crippen LogP contribution in [0.1, 0.15) is 18.4 Å². The van der Waals surface area contributed by atoms with E-state index in [4.69, 9.17) is 4.74 Å². The molecule has 1 aromatic rings. The van der Waals surface area contributed by atoms with Gasteiger partial charge in [-0.3, -0.25) is 0 Å². The minimum absolute atomic E-state index is 0.218. The molecule has 0 atom stereocenters. The second-order valence-electron chi connectivity index (χ2n) is 4.44. The molecule has 1 aliphatic rings. The average molecular weight is 241 g/mol. The highest BCUT2D eigenvalue weighted by Crippen LogP contribution is 2.14. The van der Waals surface area contributed by atoms with Crippen LogP contribution in [0.25, 0.3) is 0 Å². The van der Waals surface area contributed by atoms with E-state index >= 15 is 0 Å². The lowest BCUT2D eigenvalue weighted by Gasteiger charge is -2.22. The van der Waals surface area contributed by atoms with Crippen LogP contribution >= 0.6 is 0 Å². The molecule has 94 valence electrons. The van der Waals surface area contributed by atoms with E-state index in [2.05, 4.69) is 5.32 Å². The van der Waals surface area contributed by atoms with Gasteiger partial charge in [0, 0.05) is 18.2 Å². The van der Waals surface area contributed by atoms with E-state index in [0.717, 1.165) is 32.0 Å². The van der Waals surface area contributed by atoms with E-state index in [1.54, 1.807) is 0 Å². The van der Waals surface area contributed by atoms with E-state index in [0.29, 0.717) is 18.1 Å². The number of rotatable bonds is 4. The van der Waals surface area contributed by atoms with Crippen molar-refractivity contribution in [3.05, 3.63) is 35.4 Å². The molecule has 2 nitrogen and oxygen atoms in total. The van der Waals surface area contributed by atoms with Crippen molar-refractivity contribution in [2.75, 3.05) is 19.7 Å². The summed E-state index contributed by atoms with van der Waals surface area (Å²) in [7, 11) is 0. The van der Waals surface area contributed by atoms with Gasteiger partial charge in [-0.15, -0.1) is 0 Å². The molecular weight excluding hydrogens is 224 g/mol. The number of hydrogen-bond acceptors (Lipinski definition) is 2. The van der Waals surface area contributed by atoms with Gasteiger partial charge in [0.1, 0.15) is 11.6 Å². The summed E-state index contributed by atoms with van der Waals surface area (Å²) in [6.07, 6.45) is 2.21. The number of hydrogen-bond donors (Lipinski definition) is 1. The SMILES string of the molecule is Fc1ccc(COCC2CCNCC2)c(F)c1. The molecule has 17 heavy (non-hydrogen) atoms. The van der Waals surface area contributed by atoms with Gasteiger partial charge in [-0.05, 0) is 37.9 Å². The first-order chi connectivity index (χ1) is 8.25. The average Bonchev–Trinajstić information content (AvgIpc) is 2.33. The van der Waals surface area contributed by atoms with Crippen LogP contribution in [0.15, 0.2) is 18.2 Å². The lowest BCUT2D eigenvalue weighted by atomic mass is 9.99. The predicted molar refractivity (Wildman–Crippen MR) is 61.6 cm³/mol. The lowest BCUT2D eigenvalue weighted by molar-refractivity contribution is 0.0746. The first-order valence-electron chi connectivity index (χ1n) is 5.98. The molecule has 2 rings (SSSR count). The van der Waals surface area contributed by atoms with Crippen molar-refractivity contribution in [2.24, 2.45) is 5.92 Å². The van der Waals surface area contributed by atoms with Gasteiger partial charge in [0.15, 0.2) is 0 Å². The molecule has 0 aromatic heterocycles. The van der Waals surface area contributed by atoms with Crippen molar-refractivity contribution < 1.29 is 13.5 Å². The molecule has 1 saturated heterocycles. The van der Waals surface area contributed by atoms with Crippen LogP contribution in [-0.2, 0) is 11.3 Å².